The van der Waals surface area contributed by atoms with Crippen molar-refractivity contribution in [3.05, 3.63) is 95.6 Å². The van der Waals surface area contributed by atoms with E-state index < -0.39 is 29.5 Å². The Morgan fingerprint density at radius 2 is 1.32 bits per heavy atom. The Morgan fingerprint density at radius 3 is 1.84 bits per heavy atom. The quantitative estimate of drug-likeness (QED) is 0.383. The lowest BCUT2D eigenvalue weighted by Gasteiger charge is -2.41. The summed E-state index contributed by atoms with van der Waals surface area (Å²) >= 11 is 0. The minimum atomic E-state index is -3.06. The molecule has 0 saturated carbocycles. The molecule has 8 heteroatoms. The average molecular weight is 513 g/mol. The molecule has 4 nitrogen and oxygen atoms in total. The van der Waals surface area contributed by atoms with Crippen molar-refractivity contribution in [2.45, 2.75) is 38.7 Å². The van der Waals surface area contributed by atoms with Crippen molar-refractivity contribution in [3.8, 4) is 11.1 Å². The van der Waals surface area contributed by atoms with Crippen LogP contribution >= 0.6 is 0 Å². The van der Waals surface area contributed by atoms with Gasteiger partial charge in [-0.15, -0.1) is 0 Å². The van der Waals surface area contributed by atoms with Gasteiger partial charge in [0.05, 0.1) is 5.41 Å². The molecule has 0 radical (unpaired) electrons. The van der Waals surface area contributed by atoms with Gasteiger partial charge >= 0.3 is 0 Å². The summed E-state index contributed by atoms with van der Waals surface area (Å²) in [6, 6.07) is 18.5. The summed E-state index contributed by atoms with van der Waals surface area (Å²) < 4.78 is 54.6. The Morgan fingerprint density at radius 1 is 0.838 bits per heavy atom. The first-order valence-corrected chi connectivity index (χ1v) is 12.1. The zero-order valence-electron chi connectivity index (χ0n) is 20.4. The Labute approximate surface area is 213 Å². The van der Waals surface area contributed by atoms with Crippen LogP contribution in [0.5, 0.6) is 0 Å². The van der Waals surface area contributed by atoms with E-state index in [9.17, 15) is 27.2 Å². The first kappa shape index (κ1) is 26.4. The van der Waals surface area contributed by atoms with Gasteiger partial charge in [-0.3, -0.25) is 9.59 Å². The topological polar surface area (TPSA) is 49.4 Å². The first-order valence-electron chi connectivity index (χ1n) is 12.1. The number of carbonyl (C=O) groups excluding carboxylic acids is 2. The number of amides is 2. The van der Waals surface area contributed by atoms with Crippen molar-refractivity contribution in [2.24, 2.45) is 5.41 Å². The predicted octanol–water partition coefficient (Wildman–Crippen LogP) is 6.22. The number of hydrogen-bond donors (Lipinski definition) is 1. The molecule has 0 bridgehead atoms. The van der Waals surface area contributed by atoms with Gasteiger partial charge in [0, 0.05) is 31.6 Å². The van der Waals surface area contributed by atoms with Gasteiger partial charge in [0.15, 0.2) is 0 Å². The Kier molecular flexibility index (Phi) is 7.66. The van der Waals surface area contributed by atoms with E-state index in [4.69, 9.17) is 0 Å². The summed E-state index contributed by atoms with van der Waals surface area (Å²) in [4.78, 5) is 27.8. The van der Waals surface area contributed by atoms with Gasteiger partial charge < -0.3 is 10.2 Å². The summed E-state index contributed by atoms with van der Waals surface area (Å²) in [5.41, 5.74) is 1.43. The van der Waals surface area contributed by atoms with Gasteiger partial charge in [-0.05, 0) is 72.9 Å². The lowest BCUT2D eigenvalue weighted by Crippen LogP contribution is -2.51. The second kappa shape index (κ2) is 10.7. The fraction of sp³-hybridized carbons (Fsp3) is 0.310. The molecule has 0 aromatic heterocycles. The van der Waals surface area contributed by atoms with Gasteiger partial charge in [-0.2, -0.15) is 0 Å². The van der Waals surface area contributed by atoms with E-state index in [0.717, 1.165) is 18.1 Å². The molecule has 37 heavy (non-hydrogen) atoms. The van der Waals surface area contributed by atoms with Crippen LogP contribution in [0.2, 0.25) is 0 Å². The zero-order valence-corrected chi connectivity index (χ0v) is 20.4. The molecule has 1 N–H and O–H groups in total. The second-order valence-corrected chi connectivity index (χ2v) is 9.71. The van der Waals surface area contributed by atoms with Crippen molar-refractivity contribution >= 4 is 11.8 Å². The van der Waals surface area contributed by atoms with Gasteiger partial charge in [-0.1, -0.05) is 36.4 Å². The normalized spacial score (nSPS) is 15.3. The van der Waals surface area contributed by atoms with Crippen LogP contribution in [-0.4, -0.2) is 35.7 Å². The number of likely N-dealkylation sites (tertiary alicyclic amines) is 1. The molecule has 4 rings (SSSR count). The van der Waals surface area contributed by atoms with Crippen LogP contribution in [0.25, 0.3) is 11.1 Å². The van der Waals surface area contributed by atoms with Crippen LogP contribution in [0.1, 0.15) is 42.1 Å². The van der Waals surface area contributed by atoms with Gasteiger partial charge in [-0.25, -0.2) is 17.6 Å². The Bertz CT molecular complexity index is 1230. The van der Waals surface area contributed by atoms with Gasteiger partial charge in [0.2, 0.25) is 11.8 Å². The van der Waals surface area contributed by atoms with E-state index in [1.165, 1.54) is 36.4 Å². The highest BCUT2D eigenvalue weighted by atomic mass is 19.3. The number of piperidine rings is 1. The van der Waals surface area contributed by atoms with E-state index in [0.29, 0.717) is 11.1 Å². The summed E-state index contributed by atoms with van der Waals surface area (Å²) in [5, 5.41) is 2.73. The molecule has 1 aliphatic heterocycles. The van der Waals surface area contributed by atoms with Crippen LogP contribution in [0.3, 0.4) is 0 Å². The fourth-order valence-corrected chi connectivity index (χ4v) is 4.82. The molecular formula is C29H28F4N2O2. The lowest BCUT2D eigenvalue weighted by molar-refractivity contribution is -0.141. The van der Waals surface area contributed by atoms with E-state index in [1.54, 1.807) is 41.3 Å². The van der Waals surface area contributed by atoms with E-state index in [-0.39, 0.29) is 44.2 Å². The highest BCUT2D eigenvalue weighted by Gasteiger charge is 2.47. The molecule has 194 valence electrons. The molecule has 1 saturated heterocycles. The zero-order chi connectivity index (χ0) is 26.6. The minimum absolute atomic E-state index is 0.0964. The van der Waals surface area contributed by atoms with Crippen molar-refractivity contribution < 1.29 is 27.2 Å². The SMILES string of the molecule is CC(F)(F)CC1(C(=O)NCc2ccc(F)cc2)CCN(C(=O)c2ccc(-c3ccc(F)cc3)cc2)CC1. The molecule has 3 aromatic carbocycles. The Balaban J connectivity index is 1.42. The van der Waals surface area contributed by atoms with Crippen molar-refractivity contribution in [1.82, 2.24) is 10.2 Å². The third-order valence-corrected chi connectivity index (χ3v) is 6.81. The second-order valence-electron chi connectivity index (χ2n) is 9.71. The van der Waals surface area contributed by atoms with Crippen molar-refractivity contribution in [3.63, 3.8) is 0 Å². The minimum Gasteiger partial charge on any atom is -0.352 e. The number of carbonyl (C=O) groups is 2. The summed E-state index contributed by atoms with van der Waals surface area (Å²) in [6.45, 7) is 1.22. The standard InChI is InChI=1S/C29H28F4N2O2/c1-28(32,33)19-29(27(37)34-18-20-2-10-24(30)11-3-20)14-16-35(17-15-29)26(36)23-6-4-21(5-7-23)22-8-12-25(31)13-9-22/h2-13H,14-19H2,1H3,(H,34,37). The number of nitrogens with one attached hydrogen (secondary N) is 1. The molecule has 0 spiro atoms. The first-order chi connectivity index (χ1) is 17.5. The summed E-state index contributed by atoms with van der Waals surface area (Å²) in [5.74, 6) is -4.53. The molecular weight excluding hydrogens is 484 g/mol. The molecule has 0 aliphatic carbocycles. The van der Waals surface area contributed by atoms with Crippen molar-refractivity contribution in [2.75, 3.05) is 13.1 Å². The molecule has 3 aromatic rings. The predicted molar refractivity (Wildman–Crippen MR) is 133 cm³/mol. The third kappa shape index (κ3) is 6.56. The average Bonchev–Trinajstić information content (AvgIpc) is 2.88. The third-order valence-electron chi connectivity index (χ3n) is 6.81. The number of hydrogen-bond acceptors (Lipinski definition) is 2. The monoisotopic (exact) mass is 512 g/mol. The van der Waals surface area contributed by atoms with E-state index >= 15 is 0 Å². The number of benzene rings is 3. The summed E-state index contributed by atoms with van der Waals surface area (Å²) in [7, 11) is 0. The largest absolute Gasteiger partial charge is 0.352 e. The van der Waals surface area contributed by atoms with Crippen LogP contribution in [0, 0.1) is 17.0 Å². The van der Waals surface area contributed by atoms with Gasteiger partial charge in [0.25, 0.3) is 5.91 Å². The summed E-state index contributed by atoms with van der Waals surface area (Å²) in [6.07, 6.45) is -0.417. The van der Waals surface area contributed by atoms with Crippen molar-refractivity contribution in [1.29, 1.82) is 0 Å². The van der Waals surface area contributed by atoms with Gasteiger partial charge in [0.1, 0.15) is 11.6 Å². The number of alkyl halides is 2. The number of nitrogens with zero attached hydrogens (tertiary/aromatic N) is 1. The smallest absolute Gasteiger partial charge is 0.253 e. The molecule has 1 heterocycles. The molecule has 0 atom stereocenters. The molecule has 1 fully saturated rings. The maximum atomic E-state index is 14.1. The lowest BCUT2D eigenvalue weighted by atomic mass is 9.73. The van der Waals surface area contributed by atoms with Crippen LogP contribution < -0.4 is 5.32 Å². The maximum Gasteiger partial charge on any atom is 0.253 e. The Hall–Kier alpha value is -3.68. The number of halogens is 4. The van der Waals surface area contributed by atoms with Crippen LogP contribution in [0.15, 0.2) is 72.8 Å². The molecule has 2 amide bonds. The van der Waals surface area contributed by atoms with E-state index in [2.05, 4.69) is 5.32 Å². The molecule has 1 aliphatic rings. The highest BCUT2D eigenvalue weighted by molar-refractivity contribution is 5.95. The van der Waals surface area contributed by atoms with Crippen LogP contribution in [-0.2, 0) is 11.3 Å². The maximum absolute atomic E-state index is 14.1. The van der Waals surface area contributed by atoms with E-state index in [1.807, 2.05) is 0 Å². The highest BCUT2D eigenvalue weighted by Crippen LogP contribution is 2.41. The fourth-order valence-electron chi connectivity index (χ4n) is 4.82. The molecule has 0 unspecified atom stereocenters. The number of rotatable bonds is 7. The van der Waals surface area contributed by atoms with Crippen LogP contribution in [0.4, 0.5) is 17.6 Å².